The Morgan fingerprint density at radius 2 is 1.67 bits per heavy atom. The van der Waals surface area contributed by atoms with E-state index in [1.54, 1.807) is 12.1 Å². The van der Waals surface area contributed by atoms with Crippen LogP contribution < -0.4 is 4.74 Å². The van der Waals surface area contributed by atoms with Crippen molar-refractivity contribution < 1.29 is 23.0 Å². The molecule has 0 aromatic heterocycles. The van der Waals surface area contributed by atoms with E-state index in [1.807, 2.05) is 48.6 Å². The highest BCUT2D eigenvalue weighted by atomic mass is 19.4. The quantitative estimate of drug-likeness (QED) is 0.565. The summed E-state index contributed by atoms with van der Waals surface area (Å²) in [5.41, 5.74) is 2.78. The van der Waals surface area contributed by atoms with Crippen LogP contribution in [0.5, 0.6) is 5.75 Å². The van der Waals surface area contributed by atoms with Crippen LogP contribution in [0.2, 0.25) is 0 Å². The van der Waals surface area contributed by atoms with Crippen LogP contribution in [0.3, 0.4) is 0 Å². The normalized spacial score (nSPS) is 11.8. The van der Waals surface area contributed by atoms with Gasteiger partial charge in [-0.3, -0.25) is 0 Å². The molecule has 0 radical (unpaired) electrons. The van der Waals surface area contributed by atoms with Gasteiger partial charge in [-0.25, -0.2) is 0 Å². The van der Waals surface area contributed by atoms with Crippen molar-refractivity contribution in [1.82, 2.24) is 0 Å². The summed E-state index contributed by atoms with van der Waals surface area (Å²) in [6.07, 6.45) is -1.17. The molecule has 0 fully saturated rings. The van der Waals surface area contributed by atoms with Gasteiger partial charge < -0.3 is 9.84 Å². The highest BCUT2D eigenvalue weighted by molar-refractivity contribution is 5.70. The maximum atomic E-state index is 12.0. The third kappa shape index (κ3) is 6.46. The number of rotatable bonds is 7. The summed E-state index contributed by atoms with van der Waals surface area (Å²) in [6.45, 7) is 0.0463. The summed E-state index contributed by atoms with van der Waals surface area (Å²) in [5.74, 6) is 0.552. The molecule has 0 heterocycles. The highest BCUT2D eigenvalue weighted by Crippen LogP contribution is 2.22. The molecule has 0 unspecified atom stereocenters. The average molecular weight is 336 g/mol. The molecule has 5 heteroatoms. The van der Waals surface area contributed by atoms with Crippen molar-refractivity contribution in [3.8, 4) is 5.75 Å². The molecule has 1 N–H and O–H groups in total. The first kappa shape index (κ1) is 18.1. The molecule has 0 bridgehead atoms. The third-order valence-electron chi connectivity index (χ3n) is 3.36. The molecule has 0 aliphatic heterocycles. The van der Waals surface area contributed by atoms with Crippen molar-refractivity contribution in [2.24, 2.45) is 0 Å². The van der Waals surface area contributed by atoms with Crippen molar-refractivity contribution in [2.75, 3.05) is 6.61 Å². The smallest absolute Gasteiger partial charge is 0.389 e. The lowest BCUT2D eigenvalue weighted by atomic mass is 10.1. The van der Waals surface area contributed by atoms with E-state index in [4.69, 9.17) is 9.84 Å². The number of aliphatic hydroxyl groups is 1. The maximum Gasteiger partial charge on any atom is 0.389 e. The van der Waals surface area contributed by atoms with Crippen LogP contribution in [0.25, 0.3) is 12.2 Å². The molecule has 0 saturated carbocycles. The van der Waals surface area contributed by atoms with Gasteiger partial charge in [0.2, 0.25) is 0 Å². The molecule has 0 amide bonds. The van der Waals surface area contributed by atoms with Gasteiger partial charge in [-0.05, 0) is 41.3 Å². The maximum absolute atomic E-state index is 12.0. The van der Waals surface area contributed by atoms with E-state index in [0.717, 1.165) is 16.7 Å². The lowest BCUT2D eigenvalue weighted by Crippen LogP contribution is -2.09. The fourth-order valence-electron chi connectivity index (χ4n) is 2.13. The van der Waals surface area contributed by atoms with Crippen LogP contribution in [0.1, 0.15) is 29.5 Å². The largest absolute Gasteiger partial charge is 0.494 e. The van der Waals surface area contributed by atoms with Gasteiger partial charge in [0.25, 0.3) is 0 Å². The molecule has 2 nitrogen and oxygen atoms in total. The predicted molar refractivity (Wildman–Crippen MR) is 88.5 cm³/mol. The summed E-state index contributed by atoms with van der Waals surface area (Å²) in [5, 5.41) is 9.11. The van der Waals surface area contributed by atoms with Crippen molar-refractivity contribution >= 4 is 12.2 Å². The number of halogens is 3. The number of benzene rings is 2. The first-order valence-corrected chi connectivity index (χ1v) is 7.64. The van der Waals surface area contributed by atoms with E-state index in [1.165, 1.54) is 0 Å². The van der Waals surface area contributed by atoms with Crippen LogP contribution in [0, 0.1) is 0 Å². The number of hydrogen-bond acceptors (Lipinski definition) is 2. The second kappa shape index (κ2) is 8.55. The predicted octanol–water partition coefficient (Wildman–Crippen LogP) is 5.07. The van der Waals surface area contributed by atoms with Gasteiger partial charge in [0.05, 0.1) is 13.2 Å². The average Bonchev–Trinajstić information content (AvgIpc) is 2.57. The van der Waals surface area contributed by atoms with Crippen LogP contribution in [0.15, 0.2) is 48.5 Å². The molecule has 0 aliphatic carbocycles. The topological polar surface area (TPSA) is 29.5 Å². The summed E-state index contributed by atoms with van der Waals surface area (Å²) >= 11 is 0. The lowest BCUT2D eigenvalue weighted by molar-refractivity contribution is -0.136. The molecule has 0 atom stereocenters. The van der Waals surface area contributed by atoms with Crippen molar-refractivity contribution in [2.45, 2.75) is 25.6 Å². The fourth-order valence-corrected chi connectivity index (χ4v) is 2.13. The van der Waals surface area contributed by atoms with Gasteiger partial charge in [0, 0.05) is 6.42 Å². The van der Waals surface area contributed by atoms with Gasteiger partial charge in [0.15, 0.2) is 0 Å². The van der Waals surface area contributed by atoms with E-state index in [9.17, 15) is 13.2 Å². The summed E-state index contributed by atoms with van der Waals surface area (Å²) in [7, 11) is 0. The zero-order valence-corrected chi connectivity index (χ0v) is 13.1. The minimum Gasteiger partial charge on any atom is -0.494 e. The number of ether oxygens (including phenoxy) is 1. The van der Waals surface area contributed by atoms with E-state index in [2.05, 4.69) is 0 Å². The van der Waals surface area contributed by atoms with Gasteiger partial charge >= 0.3 is 6.18 Å². The fraction of sp³-hybridized carbons (Fsp3) is 0.263. The monoisotopic (exact) mass is 336 g/mol. The second-order valence-corrected chi connectivity index (χ2v) is 5.37. The van der Waals surface area contributed by atoms with E-state index in [0.29, 0.717) is 5.75 Å². The van der Waals surface area contributed by atoms with Gasteiger partial charge in [-0.2, -0.15) is 13.2 Å². The summed E-state index contributed by atoms with van der Waals surface area (Å²) in [6, 6.07) is 14.7. The van der Waals surface area contributed by atoms with E-state index >= 15 is 0 Å². The first-order chi connectivity index (χ1) is 11.5. The Morgan fingerprint density at radius 1 is 0.958 bits per heavy atom. The number of aliphatic hydroxyl groups excluding tert-OH is 1. The third-order valence-corrected chi connectivity index (χ3v) is 3.36. The lowest BCUT2D eigenvalue weighted by Gasteiger charge is -2.08. The zero-order valence-electron chi connectivity index (χ0n) is 13.1. The number of alkyl halides is 3. The molecule has 0 spiro atoms. The molecule has 2 aromatic carbocycles. The molecule has 2 aromatic rings. The molecule has 24 heavy (non-hydrogen) atoms. The van der Waals surface area contributed by atoms with Gasteiger partial charge in [0.1, 0.15) is 5.75 Å². The summed E-state index contributed by atoms with van der Waals surface area (Å²) < 4.78 is 41.4. The Kier molecular flexibility index (Phi) is 6.44. The Bertz CT molecular complexity index is 661. The second-order valence-electron chi connectivity index (χ2n) is 5.37. The molecule has 2 rings (SSSR count). The van der Waals surface area contributed by atoms with Crippen LogP contribution >= 0.6 is 0 Å². The van der Waals surface area contributed by atoms with Crippen LogP contribution in [0.4, 0.5) is 13.2 Å². The van der Waals surface area contributed by atoms with Gasteiger partial charge in [-0.1, -0.05) is 42.5 Å². The minimum atomic E-state index is -4.13. The molecule has 128 valence electrons. The van der Waals surface area contributed by atoms with E-state index < -0.39 is 12.6 Å². The molecule has 0 saturated heterocycles. The number of hydrogen-bond donors (Lipinski definition) is 1. The minimum absolute atomic E-state index is 0.00204. The molecule has 0 aliphatic rings. The van der Waals surface area contributed by atoms with E-state index in [-0.39, 0.29) is 19.6 Å². The molecular formula is C19H19F3O2. The highest BCUT2D eigenvalue weighted by Gasteiger charge is 2.26. The SMILES string of the molecule is OCc1cccc(C=Cc2ccc(OCCCC(F)(F)F)cc2)c1. The molecular weight excluding hydrogens is 317 g/mol. The Balaban J connectivity index is 1.86. The van der Waals surface area contributed by atoms with Gasteiger partial charge in [-0.15, -0.1) is 0 Å². The standard InChI is InChI=1S/C19H19F3O2/c20-19(21,22)11-2-12-24-18-9-7-15(8-10-18)5-6-16-3-1-4-17(13-16)14-23/h1,3-10,13,23H,2,11-12,14H2. The first-order valence-electron chi connectivity index (χ1n) is 7.64. The van der Waals surface area contributed by atoms with Crippen molar-refractivity contribution in [1.29, 1.82) is 0 Å². The van der Waals surface area contributed by atoms with Crippen molar-refractivity contribution in [3.63, 3.8) is 0 Å². The Labute approximate surface area is 139 Å². The van der Waals surface area contributed by atoms with Crippen LogP contribution in [-0.4, -0.2) is 17.9 Å². The summed E-state index contributed by atoms with van der Waals surface area (Å²) in [4.78, 5) is 0. The van der Waals surface area contributed by atoms with Crippen LogP contribution in [-0.2, 0) is 6.61 Å². The zero-order chi connectivity index (χ0) is 17.4. The Morgan fingerprint density at radius 3 is 2.33 bits per heavy atom. The van der Waals surface area contributed by atoms with Crippen molar-refractivity contribution in [3.05, 3.63) is 65.2 Å². The Hall–Kier alpha value is -2.27.